The summed E-state index contributed by atoms with van der Waals surface area (Å²) in [5.41, 5.74) is 0. The number of methoxy groups -OCH3 is 1. The number of carbonyl (C=O) groups is 1. The lowest BCUT2D eigenvalue weighted by Gasteiger charge is -1.97. The van der Waals surface area contributed by atoms with E-state index in [0.29, 0.717) is 13.0 Å². The number of rotatable bonds is 3. The fraction of sp³-hybridized carbons (Fsp3) is 0.875. The Labute approximate surface area is 73.8 Å². The molecular weight excluding hydrogens is 160 g/mol. The molecule has 0 fully saturated rings. The Morgan fingerprint density at radius 2 is 1.92 bits per heavy atom. The summed E-state index contributed by atoms with van der Waals surface area (Å²) in [6.45, 7) is 5.55. The van der Waals surface area contributed by atoms with Gasteiger partial charge in [0.2, 0.25) is 0 Å². The van der Waals surface area contributed by atoms with Gasteiger partial charge in [-0.25, -0.2) is 0 Å². The van der Waals surface area contributed by atoms with Crippen LogP contribution in [-0.2, 0) is 9.53 Å². The molecule has 1 unspecified atom stereocenters. The molecule has 0 aromatic carbocycles. The van der Waals surface area contributed by atoms with Gasteiger partial charge in [0.25, 0.3) is 0 Å². The van der Waals surface area contributed by atoms with Gasteiger partial charge in [0.1, 0.15) is 5.78 Å². The number of ether oxygens (including phenoxy) is 1. The van der Waals surface area contributed by atoms with Crippen LogP contribution in [0.4, 0.5) is 0 Å². The van der Waals surface area contributed by atoms with E-state index >= 15 is 0 Å². The monoisotopic (exact) mass is 180 g/mol. The first-order valence-electron chi connectivity index (χ1n) is 3.71. The SMILES string of the molecule is CCC(C)=O.COCC(C)O.O. The lowest BCUT2D eigenvalue weighted by molar-refractivity contribution is -0.116. The zero-order valence-electron chi connectivity index (χ0n) is 8.26. The molecule has 12 heavy (non-hydrogen) atoms. The number of carbonyl (C=O) groups excluding carboxylic acids is 1. The van der Waals surface area contributed by atoms with Crippen molar-refractivity contribution in [1.82, 2.24) is 0 Å². The molecule has 0 rings (SSSR count). The van der Waals surface area contributed by atoms with Crippen LogP contribution in [0.5, 0.6) is 0 Å². The molecule has 4 nitrogen and oxygen atoms in total. The molecule has 0 spiro atoms. The van der Waals surface area contributed by atoms with E-state index in [2.05, 4.69) is 4.74 Å². The average molecular weight is 180 g/mol. The Kier molecular flexibility index (Phi) is 19.3. The van der Waals surface area contributed by atoms with Gasteiger partial charge in [-0.2, -0.15) is 0 Å². The van der Waals surface area contributed by atoms with E-state index in [1.54, 1.807) is 21.0 Å². The molecular formula is C8H20O4. The van der Waals surface area contributed by atoms with Crippen molar-refractivity contribution in [2.45, 2.75) is 33.3 Å². The maximum Gasteiger partial charge on any atom is 0.129 e. The second-order valence-electron chi connectivity index (χ2n) is 2.36. The quantitative estimate of drug-likeness (QED) is 0.672. The molecule has 0 aliphatic heterocycles. The van der Waals surface area contributed by atoms with E-state index < -0.39 is 0 Å². The maximum absolute atomic E-state index is 9.81. The van der Waals surface area contributed by atoms with Crippen LogP contribution in [0.15, 0.2) is 0 Å². The van der Waals surface area contributed by atoms with E-state index in [-0.39, 0.29) is 17.4 Å². The zero-order chi connectivity index (χ0) is 9.28. The van der Waals surface area contributed by atoms with Crippen molar-refractivity contribution in [1.29, 1.82) is 0 Å². The Balaban J connectivity index is -0.000000126. The number of Topliss-reactive ketones (excluding diaryl/α,β-unsaturated/α-hetero) is 1. The van der Waals surface area contributed by atoms with Crippen LogP contribution in [0.25, 0.3) is 0 Å². The van der Waals surface area contributed by atoms with Gasteiger partial charge in [-0.05, 0) is 13.8 Å². The third-order valence-corrected chi connectivity index (χ3v) is 0.906. The molecule has 1 atom stereocenters. The predicted octanol–water partition coefficient (Wildman–Crippen LogP) is 0.174. The van der Waals surface area contributed by atoms with E-state index in [1.165, 1.54) is 0 Å². The predicted molar refractivity (Wildman–Crippen MR) is 48.1 cm³/mol. The topological polar surface area (TPSA) is 78.0 Å². The van der Waals surface area contributed by atoms with Crippen LogP contribution in [0.3, 0.4) is 0 Å². The van der Waals surface area contributed by atoms with Crippen molar-refractivity contribution >= 4 is 5.78 Å². The van der Waals surface area contributed by atoms with E-state index in [0.717, 1.165) is 0 Å². The summed E-state index contributed by atoms with van der Waals surface area (Å²) in [4.78, 5) is 9.81. The molecule has 0 bridgehead atoms. The first-order chi connectivity index (χ1) is 5.04. The third kappa shape index (κ3) is 33.7. The molecule has 0 aliphatic carbocycles. The first kappa shape index (κ1) is 17.6. The minimum absolute atomic E-state index is 0. The molecule has 0 heterocycles. The highest BCUT2D eigenvalue weighted by Gasteiger charge is 1.87. The molecule has 0 aliphatic rings. The summed E-state index contributed by atoms with van der Waals surface area (Å²) in [6, 6.07) is 0. The normalized spacial score (nSPS) is 10.4. The van der Waals surface area contributed by atoms with E-state index in [1.807, 2.05) is 6.92 Å². The van der Waals surface area contributed by atoms with Gasteiger partial charge in [-0.15, -0.1) is 0 Å². The fourth-order valence-corrected chi connectivity index (χ4v) is 0.241. The van der Waals surface area contributed by atoms with Crippen molar-refractivity contribution in [2.75, 3.05) is 13.7 Å². The highest BCUT2D eigenvalue weighted by molar-refractivity contribution is 5.74. The Morgan fingerprint density at radius 1 is 1.58 bits per heavy atom. The van der Waals surface area contributed by atoms with Gasteiger partial charge >= 0.3 is 0 Å². The second-order valence-corrected chi connectivity index (χ2v) is 2.36. The Morgan fingerprint density at radius 3 is 1.92 bits per heavy atom. The molecule has 4 heteroatoms. The minimum atomic E-state index is -0.324. The number of hydrogen-bond donors (Lipinski definition) is 1. The van der Waals surface area contributed by atoms with Crippen molar-refractivity contribution in [3.05, 3.63) is 0 Å². The molecule has 0 saturated heterocycles. The summed E-state index contributed by atoms with van der Waals surface area (Å²) in [7, 11) is 1.56. The molecule has 0 radical (unpaired) electrons. The highest BCUT2D eigenvalue weighted by atomic mass is 16.5. The summed E-state index contributed by atoms with van der Waals surface area (Å²) < 4.78 is 4.55. The summed E-state index contributed by atoms with van der Waals surface area (Å²) in [6.07, 6.45) is 0.343. The van der Waals surface area contributed by atoms with Crippen LogP contribution in [-0.4, -0.2) is 36.2 Å². The second kappa shape index (κ2) is 13.2. The number of aliphatic hydroxyl groups excluding tert-OH is 1. The van der Waals surface area contributed by atoms with Crippen molar-refractivity contribution in [3.63, 3.8) is 0 Å². The highest BCUT2D eigenvalue weighted by Crippen LogP contribution is 1.75. The molecule has 76 valence electrons. The van der Waals surface area contributed by atoms with Gasteiger partial charge in [0.15, 0.2) is 0 Å². The van der Waals surface area contributed by atoms with Gasteiger partial charge in [-0.3, -0.25) is 0 Å². The van der Waals surface area contributed by atoms with E-state index in [9.17, 15) is 4.79 Å². The number of aliphatic hydroxyl groups is 1. The smallest absolute Gasteiger partial charge is 0.129 e. The molecule has 0 aromatic heterocycles. The lowest BCUT2D eigenvalue weighted by Crippen LogP contribution is -2.07. The van der Waals surface area contributed by atoms with Gasteiger partial charge in [-0.1, -0.05) is 6.92 Å². The molecule has 3 N–H and O–H groups in total. The van der Waals surface area contributed by atoms with Crippen LogP contribution in [0.1, 0.15) is 27.2 Å². The number of hydrogen-bond acceptors (Lipinski definition) is 3. The molecule has 0 saturated carbocycles. The lowest BCUT2D eigenvalue weighted by atomic mass is 10.4. The van der Waals surface area contributed by atoms with Crippen molar-refractivity contribution in [2.24, 2.45) is 0 Å². The van der Waals surface area contributed by atoms with Crippen LogP contribution in [0.2, 0.25) is 0 Å². The minimum Gasteiger partial charge on any atom is -0.412 e. The maximum atomic E-state index is 9.81. The van der Waals surface area contributed by atoms with Gasteiger partial charge in [0.05, 0.1) is 12.7 Å². The molecule has 0 amide bonds. The van der Waals surface area contributed by atoms with Crippen LogP contribution < -0.4 is 0 Å². The zero-order valence-corrected chi connectivity index (χ0v) is 8.26. The average Bonchev–Trinajstić information content (AvgIpc) is 1.89. The van der Waals surface area contributed by atoms with Crippen molar-refractivity contribution < 1.29 is 20.1 Å². The van der Waals surface area contributed by atoms with Crippen molar-refractivity contribution in [3.8, 4) is 0 Å². The Hall–Kier alpha value is -0.450. The summed E-state index contributed by atoms with van der Waals surface area (Å²) in [5.74, 6) is 0.255. The largest absolute Gasteiger partial charge is 0.412 e. The summed E-state index contributed by atoms with van der Waals surface area (Å²) >= 11 is 0. The molecule has 0 aromatic rings. The summed E-state index contributed by atoms with van der Waals surface area (Å²) in [5, 5.41) is 8.43. The fourth-order valence-electron chi connectivity index (χ4n) is 0.241. The van der Waals surface area contributed by atoms with Crippen LogP contribution >= 0.6 is 0 Å². The van der Waals surface area contributed by atoms with E-state index in [4.69, 9.17) is 5.11 Å². The Bertz CT molecular complexity index is 91.1. The standard InChI is InChI=1S/C4H10O2.C4H8O.H2O/c1-4(5)3-6-2;1-3-4(2)5;/h4-5H,3H2,1-2H3;3H2,1-2H3;1H2. The van der Waals surface area contributed by atoms with Gasteiger partial charge < -0.3 is 20.1 Å². The van der Waals surface area contributed by atoms with Crippen LogP contribution in [0, 0.1) is 0 Å². The van der Waals surface area contributed by atoms with Gasteiger partial charge in [0, 0.05) is 13.5 Å². The third-order valence-electron chi connectivity index (χ3n) is 0.906. The first-order valence-corrected chi connectivity index (χ1v) is 3.71. The number of ketones is 1.